The topological polar surface area (TPSA) is 100 Å². The SMILES string of the molecule is CC(C)n1c(CO)nc2cnc(Cc3ccnc(N4CC[C@H](O)[C@](C)(F)C4)n3)cc21. The van der Waals surface area contributed by atoms with Gasteiger partial charge in [0.05, 0.1) is 30.1 Å². The lowest BCUT2D eigenvalue weighted by atomic mass is 9.94. The standard InChI is InChI=1S/C21H27FN6O2/c1-13(2)28-17-9-15(24-10-16(17)26-19(28)11-29)8-14-4-6-23-20(25-14)27-7-5-18(30)21(3,22)12-27/h4,6,9-10,13,18,29-30H,5,7-8,11-12H2,1-3H3/t18-,21+/m0/s1. The first-order valence-corrected chi connectivity index (χ1v) is 10.2. The van der Waals surface area contributed by atoms with E-state index in [-0.39, 0.29) is 19.2 Å². The lowest BCUT2D eigenvalue weighted by Crippen LogP contribution is -2.53. The number of hydrogen-bond acceptors (Lipinski definition) is 7. The van der Waals surface area contributed by atoms with Gasteiger partial charge in [-0.15, -0.1) is 0 Å². The summed E-state index contributed by atoms with van der Waals surface area (Å²) >= 11 is 0. The number of nitrogens with zero attached hydrogens (tertiary/aromatic N) is 6. The summed E-state index contributed by atoms with van der Waals surface area (Å²) < 4.78 is 16.6. The van der Waals surface area contributed by atoms with E-state index in [0.717, 1.165) is 22.4 Å². The van der Waals surface area contributed by atoms with Crippen molar-refractivity contribution >= 4 is 17.0 Å². The number of hydrogen-bond donors (Lipinski definition) is 2. The van der Waals surface area contributed by atoms with Gasteiger partial charge in [-0.25, -0.2) is 19.3 Å². The fourth-order valence-electron chi connectivity index (χ4n) is 4.00. The molecule has 4 heterocycles. The Labute approximate surface area is 174 Å². The highest BCUT2D eigenvalue weighted by Crippen LogP contribution is 2.27. The van der Waals surface area contributed by atoms with Crippen molar-refractivity contribution in [2.24, 2.45) is 0 Å². The van der Waals surface area contributed by atoms with E-state index in [1.165, 1.54) is 6.92 Å². The van der Waals surface area contributed by atoms with Crippen molar-refractivity contribution in [3.8, 4) is 0 Å². The zero-order valence-corrected chi connectivity index (χ0v) is 17.5. The number of rotatable bonds is 5. The van der Waals surface area contributed by atoms with Crippen molar-refractivity contribution < 1.29 is 14.6 Å². The summed E-state index contributed by atoms with van der Waals surface area (Å²) in [5.41, 5.74) is 1.57. The Hall–Kier alpha value is -2.65. The third-order valence-electron chi connectivity index (χ3n) is 5.58. The van der Waals surface area contributed by atoms with E-state index in [0.29, 0.717) is 31.2 Å². The Morgan fingerprint density at radius 3 is 2.77 bits per heavy atom. The predicted molar refractivity (Wildman–Crippen MR) is 111 cm³/mol. The molecule has 0 aliphatic carbocycles. The van der Waals surface area contributed by atoms with Gasteiger partial charge in [-0.1, -0.05) is 0 Å². The minimum absolute atomic E-state index is 0.0549. The van der Waals surface area contributed by atoms with E-state index in [2.05, 4.69) is 19.9 Å². The highest BCUT2D eigenvalue weighted by atomic mass is 19.1. The molecule has 1 aliphatic rings. The minimum atomic E-state index is -1.69. The first-order valence-electron chi connectivity index (χ1n) is 10.2. The molecule has 1 fully saturated rings. The summed E-state index contributed by atoms with van der Waals surface area (Å²) in [5, 5.41) is 19.5. The molecule has 0 bridgehead atoms. The third-order valence-corrected chi connectivity index (χ3v) is 5.58. The van der Waals surface area contributed by atoms with Crippen LogP contribution in [0.15, 0.2) is 24.5 Å². The summed E-state index contributed by atoms with van der Waals surface area (Å²) in [6.45, 7) is 5.93. The van der Waals surface area contributed by atoms with Crippen LogP contribution in [0.3, 0.4) is 0 Å². The van der Waals surface area contributed by atoms with Crippen LogP contribution < -0.4 is 4.90 Å². The van der Waals surface area contributed by atoms with E-state index < -0.39 is 11.8 Å². The second-order valence-corrected chi connectivity index (χ2v) is 8.34. The van der Waals surface area contributed by atoms with E-state index >= 15 is 0 Å². The number of pyridine rings is 1. The average molecular weight is 414 g/mol. The molecular weight excluding hydrogens is 387 g/mol. The molecule has 0 spiro atoms. The van der Waals surface area contributed by atoms with Crippen molar-refractivity contribution in [3.05, 3.63) is 41.7 Å². The summed E-state index contributed by atoms with van der Waals surface area (Å²) in [7, 11) is 0. The van der Waals surface area contributed by atoms with Crippen LogP contribution in [0.4, 0.5) is 10.3 Å². The van der Waals surface area contributed by atoms with Gasteiger partial charge in [0.1, 0.15) is 17.9 Å². The highest BCUT2D eigenvalue weighted by molar-refractivity contribution is 5.75. The van der Waals surface area contributed by atoms with E-state index in [1.807, 2.05) is 30.5 Å². The van der Waals surface area contributed by atoms with Crippen LogP contribution in [0, 0.1) is 0 Å². The normalized spacial score (nSPS) is 22.2. The third kappa shape index (κ3) is 3.87. The van der Waals surface area contributed by atoms with Crippen molar-refractivity contribution in [1.29, 1.82) is 0 Å². The number of anilines is 1. The fraction of sp³-hybridized carbons (Fsp3) is 0.524. The van der Waals surface area contributed by atoms with Crippen LogP contribution in [0.5, 0.6) is 0 Å². The Morgan fingerprint density at radius 2 is 2.07 bits per heavy atom. The molecule has 2 atom stereocenters. The van der Waals surface area contributed by atoms with E-state index in [9.17, 15) is 14.6 Å². The molecule has 160 valence electrons. The summed E-state index contributed by atoms with van der Waals surface area (Å²) in [5.74, 6) is 1.07. The molecule has 2 N–H and O–H groups in total. The maximum absolute atomic E-state index is 14.5. The number of imidazole rings is 1. The van der Waals surface area contributed by atoms with Gasteiger partial charge < -0.3 is 19.7 Å². The molecule has 8 nitrogen and oxygen atoms in total. The molecule has 1 aliphatic heterocycles. The largest absolute Gasteiger partial charge is 0.390 e. The van der Waals surface area contributed by atoms with Crippen LogP contribution in [0.25, 0.3) is 11.0 Å². The van der Waals surface area contributed by atoms with Gasteiger partial charge in [-0.05, 0) is 39.3 Å². The monoisotopic (exact) mass is 414 g/mol. The van der Waals surface area contributed by atoms with E-state index in [4.69, 9.17) is 0 Å². The maximum Gasteiger partial charge on any atom is 0.225 e. The van der Waals surface area contributed by atoms with Crippen molar-refractivity contribution in [3.63, 3.8) is 0 Å². The molecule has 0 amide bonds. The van der Waals surface area contributed by atoms with Crippen LogP contribution >= 0.6 is 0 Å². The molecule has 9 heteroatoms. The number of piperidine rings is 1. The van der Waals surface area contributed by atoms with Gasteiger partial charge in [-0.2, -0.15) is 0 Å². The Kier molecular flexibility index (Phi) is 5.42. The van der Waals surface area contributed by atoms with Gasteiger partial charge in [-0.3, -0.25) is 4.98 Å². The molecule has 0 unspecified atom stereocenters. The second kappa shape index (κ2) is 7.88. The number of halogens is 1. The quantitative estimate of drug-likeness (QED) is 0.660. The zero-order chi connectivity index (χ0) is 21.5. The minimum Gasteiger partial charge on any atom is -0.390 e. The number of alkyl halides is 1. The van der Waals surface area contributed by atoms with E-state index in [1.54, 1.807) is 17.3 Å². The molecule has 0 saturated carbocycles. The summed E-state index contributed by atoms with van der Waals surface area (Å²) in [6, 6.07) is 3.95. The molecule has 4 rings (SSSR count). The number of fused-ring (bicyclic) bond motifs is 1. The van der Waals surface area contributed by atoms with Gasteiger partial charge in [0.25, 0.3) is 0 Å². The summed E-state index contributed by atoms with van der Waals surface area (Å²) in [6.07, 6.45) is 3.24. The lowest BCUT2D eigenvalue weighted by Gasteiger charge is -2.38. The Morgan fingerprint density at radius 1 is 1.27 bits per heavy atom. The molecular formula is C21H27FN6O2. The number of aliphatic hydroxyl groups excluding tert-OH is 2. The average Bonchev–Trinajstić information content (AvgIpc) is 3.08. The molecule has 30 heavy (non-hydrogen) atoms. The fourth-order valence-corrected chi connectivity index (χ4v) is 4.00. The smallest absolute Gasteiger partial charge is 0.225 e. The zero-order valence-electron chi connectivity index (χ0n) is 17.5. The van der Waals surface area contributed by atoms with Crippen molar-refractivity contribution in [2.45, 2.75) is 58.0 Å². The predicted octanol–water partition coefficient (Wildman–Crippen LogP) is 2.18. The molecule has 3 aromatic heterocycles. The molecule has 3 aromatic rings. The van der Waals surface area contributed by atoms with Crippen LogP contribution in [0.1, 0.15) is 50.4 Å². The van der Waals surface area contributed by atoms with Gasteiger partial charge in [0, 0.05) is 30.9 Å². The lowest BCUT2D eigenvalue weighted by molar-refractivity contribution is -0.00861. The second-order valence-electron chi connectivity index (χ2n) is 8.34. The highest BCUT2D eigenvalue weighted by Gasteiger charge is 2.39. The van der Waals surface area contributed by atoms with Crippen molar-refractivity contribution in [2.75, 3.05) is 18.0 Å². The number of aliphatic hydroxyl groups is 2. The van der Waals surface area contributed by atoms with Crippen molar-refractivity contribution in [1.82, 2.24) is 24.5 Å². The Balaban J connectivity index is 1.60. The Bertz CT molecular complexity index is 1050. The number of aromatic nitrogens is 5. The van der Waals surface area contributed by atoms with Gasteiger partial charge in [0.15, 0.2) is 5.67 Å². The first-order chi connectivity index (χ1) is 14.3. The maximum atomic E-state index is 14.5. The van der Waals surface area contributed by atoms with Gasteiger partial charge >= 0.3 is 0 Å². The van der Waals surface area contributed by atoms with Crippen LogP contribution in [0.2, 0.25) is 0 Å². The van der Waals surface area contributed by atoms with Crippen LogP contribution in [-0.4, -0.2) is 59.6 Å². The van der Waals surface area contributed by atoms with Crippen LogP contribution in [-0.2, 0) is 13.0 Å². The molecule has 0 aromatic carbocycles. The van der Waals surface area contributed by atoms with Gasteiger partial charge in [0.2, 0.25) is 5.95 Å². The molecule has 0 radical (unpaired) electrons. The molecule has 1 saturated heterocycles. The summed E-state index contributed by atoms with van der Waals surface area (Å²) in [4.78, 5) is 19.6. The first kappa shape index (κ1) is 20.6.